The highest BCUT2D eigenvalue weighted by Crippen LogP contribution is 2.22. The minimum Gasteiger partial charge on any atom is -0.404 e. The van der Waals surface area contributed by atoms with Crippen molar-refractivity contribution < 1.29 is 14.3 Å². The number of carbonyl (C=O) groups excluding carboxylic acids is 2. The van der Waals surface area contributed by atoms with Gasteiger partial charge in [-0.1, -0.05) is 36.4 Å². The Morgan fingerprint density at radius 1 is 1.03 bits per heavy atom. The fourth-order valence-electron chi connectivity index (χ4n) is 3.33. The van der Waals surface area contributed by atoms with Crippen molar-refractivity contribution in [1.82, 2.24) is 14.3 Å². The second-order valence-corrected chi connectivity index (χ2v) is 8.11. The first-order valence-electron chi connectivity index (χ1n) is 10.0. The maximum absolute atomic E-state index is 12.5. The number of aromatic nitrogens is 2. The molecule has 0 saturated carbocycles. The smallest absolute Gasteiger partial charge is 0.404 e. The second kappa shape index (κ2) is 11.0. The van der Waals surface area contributed by atoms with Gasteiger partial charge in [0, 0.05) is 18.9 Å². The van der Waals surface area contributed by atoms with Gasteiger partial charge in [0.25, 0.3) is 5.91 Å². The molecule has 3 aromatic rings. The Morgan fingerprint density at radius 2 is 1.87 bits per heavy atom. The number of aryl methyl sites for hydroxylation is 1. The zero-order valence-corrected chi connectivity index (χ0v) is 18.6. The average molecular weight is 458 g/mol. The summed E-state index contributed by atoms with van der Waals surface area (Å²) in [5.74, 6) is 0.717. The molecule has 6 nitrogen and oxygen atoms in total. The summed E-state index contributed by atoms with van der Waals surface area (Å²) in [5.41, 5.74) is 2.11. The zero-order chi connectivity index (χ0) is 20.8. The van der Waals surface area contributed by atoms with Crippen LogP contribution in [0.15, 0.2) is 77.8 Å². The molecule has 0 atom stereocenters. The van der Waals surface area contributed by atoms with Crippen LogP contribution in [0.4, 0.5) is 4.79 Å². The molecule has 1 aliphatic rings. The Labute approximate surface area is 191 Å². The van der Waals surface area contributed by atoms with Crippen molar-refractivity contribution in [2.45, 2.75) is 30.7 Å². The Bertz CT molecular complexity index is 1070. The Balaban J connectivity index is 0.00000272. The molecule has 0 radical (unpaired) electrons. The summed E-state index contributed by atoms with van der Waals surface area (Å²) in [6.07, 6.45) is 7.97. The van der Waals surface area contributed by atoms with Crippen molar-refractivity contribution in [2.75, 3.05) is 12.3 Å². The molecular formula is C23H24ClN3O3S. The van der Waals surface area contributed by atoms with E-state index in [0.29, 0.717) is 13.0 Å². The predicted octanol–water partition coefficient (Wildman–Crippen LogP) is 5.12. The molecule has 1 saturated heterocycles. The molecule has 1 aromatic carbocycles. The van der Waals surface area contributed by atoms with E-state index in [9.17, 15) is 9.59 Å². The number of nitrogens with zero attached hydrogens (tertiary/aromatic N) is 3. The maximum Gasteiger partial charge on any atom is 0.422 e. The number of benzene rings is 1. The van der Waals surface area contributed by atoms with Gasteiger partial charge < -0.3 is 4.74 Å². The summed E-state index contributed by atoms with van der Waals surface area (Å²) in [5, 5.41) is 1.13. The molecule has 1 aliphatic heterocycles. The normalized spacial score (nSPS) is 14.8. The molecule has 0 unspecified atom stereocenters. The third-order valence-corrected chi connectivity index (χ3v) is 6.02. The van der Waals surface area contributed by atoms with E-state index in [0.717, 1.165) is 35.7 Å². The van der Waals surface area contributed by atoms with Gasteiger partial charge in [0.2, 0.25) is 0 Å². The van der Waals surface area contributed by atoms with Gasteiger partial charge in [-0.15, -0.1) is 24.2 Å². The predicted molar refractivity (Wildman–Crippen MR) is 123 cm³/mol. The van der Waals surface area contributed by atoms with Crippen LogP contribution in [0.5, 0.6) is 0 Å². The van der Waals surface area contributed by atoms with Gasteiger partial charge in [-0.2, -0.15) is 0 Å². The fraction of sp³-hybridized carbons (Fsp3) is 0.261. The summed E-state index contributed by atoms with van der Waals surface area (Å²) in [6, 6.07) is 16.1. The van der Waals surface area contributed by atoms with Gasteiger partial charge in [0.15, 0.2) is 5.76 Å². The second-order valence-electron chi connectivity index (χ2n) is 6.99. The Hall–Kier alpha value is -2.77. The number of cyclic esters (lactones) is 1. The number of hydrogen-bond acceptors (Lipinski definition) is 5. The molecule has 3 heterocycles. The molecule has 0 bridgehead atoms. The number of fused-ring (bicyclic) bond motifs is 1. The topological polar surface area (TPSA) is 63.9 Å². The number of imidazole rings is 1. The van der Waals surface area contributed by atoms with Crippen LogP contribution in [0.2, 0.25) is 0 Å². The third-order valence-electron chi connectivity index (χ3n) is 4.90. The molecule has 0 aliphatic carbocycles. The number of hydrogen-bond donors (Lipinski definition) is 0. The van der Waals surface area contributed by atoms with E-state index in [2.05, 4.69) is 15.5 Å². The monoisotopic (exact) mass is 457 g/mol. The lowest BCUT2D eigenvalue weighted by Crippen LogP contribution is -2.29. The van der Waals surface area contributed by atoms with Gasteiger partial charge in [-0.05, 0) is 55.2 Å². The van der Waals surface area contributed by atoms with E-state index in [4.69, 9.17) is 4.74 Å². The standard InChI is InChI=1S/C23H23N3O3S.ClH/c27-22-19(11-6-10-18-8-2-1-3-9-18)29-23(28)26(22)15-4-5-17-30-21-13-7-12-20-24-14-16-25(20)21;/h1-3,7-9,11-14,16H,4-6,10,15,17H2;1H/b19-11+;. The molecular weight excluding hydrogens is 434 g/mol. The largest absolute Gasteiger partial charge is 0.422 e. The highest BCUT2D eigenvalue weighted by atomic mass is 35.5. The lowest BCUT2D eigenvalue weighted by molar-refractivity contribution is -0.123. The third kappa shape index (κ3) is 5.68. The van der Waals surface area contributed by atoms with Crippen molar-refractivity contribution in [1.29, 1.82) is 0 Å². The van der Waals surface area contributed by atoms with Crippen molar-refractivity contribution >= 4 is 41.8 Å². The van der Waals surface area contributed by atoms with Crippen molar-refractivity contribution in [2.24, 2.45) is 0 Å². The number of carbonyl (C=O) groups is 2. The summed E-state index contributed by atoms with van der Waals surface area (Å²) in [4.78, 5) is 30.0. The van der Waals surface area contributed by atoms with E-state index in [1.807, 2.05) is 48.7 Å². The van der Waals surface area contributed by atoms with Crippen LogP contribution in [0.1, 0.15) is 24.8 Å². The number of allylic oxidation sites excluding steroid dienone is 1. The maximum atomic E-state index is 12.5. The van der Waals surface area contributed by atoms with Crippen LogP contribution in [0, 0.1) is 0 Å². The number of ether oxygens (including phenoxy) is 1. The molecule has 0 spiro atoms. The van der Waals surface area contributed by atoms with Crippen molar-refractivity contribution in [3.05, 3.63) is 78.3 Å². The van der Waals surface area contributed by atoms with Crippen LogP contribution in [-0.4, -0.2) is 38.6 Å². The lowest BCUT2D eigenvalue weighted by atomic mass is 10.1. The van der Waals surface area contributed by atoms with Gasteiger partial charge in [0.05, 0.1) is 5.03 Å². The van der Waals surface area contributed by atoms with E-state index in [-0.39, 0.29) is 24.1 Å². The van der Waals surface area contributed by atoms with E-state index in [1.54, 1.807) is 24.0 Å². The SMILES string of the molecule is Cl.O=C1O/C(=C/CCc2ccccc2)C(=O)N1CCCCSc1cccc2nccn12. The zero-order valence-electron chi connectivity index (χ0n) is 17.0. The van der Waals surface area contributed by atoms with Gasteiger partial charge in [0.1, 0.15) is 5.65 Å². The van der Waals surface area contributed by atoms with Crippen LogP contribution in [-0.2, 0) is 16.0 Å². The summed E-state index contributed by atoms with van der Waals surface area (Å²) in [6.45, 7) is 0.378. The minimum atomic E-state index is -0.568. The number of amides is 2. The van der Waals surface area contributed by atoms with Gasteiger partial charge in [-0.25, -0.2) is 14.7 Å². The highest BCUT2D eigenvalue weighted by molar-refractivity contribution is 7.99. The Kier molecular flexibility index (Phi) is 8.14. The van der Waals surface area contributed by atoms with Crippen LogP contribution >= 0.6 is 24.2 Å². The summed E-state index contributed by atoms with van der Waals surface area (Å²) in [7, 11) is 0. The Morgan fingerprint density at radius 3 is 2.71 bits per heavy atom. The minimum absolute atomic E-state index is 0. The number of imide groups is 1. The van der Waals surface area contributed by atoms with Crippen LogP contribution in [0.3, 0.4) is 0 Å². The molecule has 162 valence electrons. The first-order chi connectivity index (χ1) is 14.7. The highest BCUT2D eigenvalue weighted by Gasteiger charge is 2.35. The summed E-state index contributed by atoms with van der Waals surface area (Å²) >= 11 is 1.74. The molecule has 31 heavy (non-hydrogen) atoms. The number of unbranched alkanes of at least 4 members (excludes halogenated alkanes) is 1. The van der Waals surface area contributed by atoms with Gasteiger partial charge >= 0.3 is 6.09 Å². The first-order valence-corrected chi connectivity index (χ1v) is 11.0. The number of pyridine rings is 1. The molecule has 1 fully saturated rings. The molecule has 0 N–H and O–H groups in total. The number of thioether (sulfide) groups is 1. The van der Waals surface area contributed by atoms with E-state index < -0.39 is 6.09 Å². The van der Waals surface area contributed by atoms with Crippen LogP contribution < -0.4 is 0 Å². The molecule has 8 heteroatoms. The lowest BCUT2D eigenvalue weighted by Gasteiger charge is -2.10. The summed E-state index contributed by atoms with van der Waals surface area (Å²) < 4.78 is 7.23. The molecule has 2 aromatic heterocycles. The number of rotatable bonds is 9. The quantitative estimate of drug-likeness (QED) is 0.253. The van der Waals surface area contributed by atoms with E-state index in [1.165, 1.54) is 10.5 Å². The van der Waals surface area contributed by atoms with E-state index >= 15 is 0 Å². The fourth-order valence-corrected chi connectivity index (χ4v) is 4.36. The average Bonchev–Trinajstić information content (AvgIpc) is 3.34. The number of halogens is 1. The van der Waals surface area contributed by atoms with Crippen molar-refractivity contribution in [3.63, 3.8) is 0 Å². The van der Waals surface area contributed by atoms with Crippen LogP contribution in [0.25, 0.3) is 5.65 Å². The van der Waals surface area contributed by atoms with Crippen molar-refractivity contribution in [3.8, 4) is 0 Å². The molecule has 4 rings (SSSR count). The molecule has 2 amide bonds. The first kappa shape index (κ1) is 22.9. The van der Waals surface area contributed by atoms with Gasteiger partial charge in [-0.3, -0.25) is 9.20 Å².